The number of benzene rings is 1. The molecular weight excluding hydrogens is 508 g/mol. The lowest BCUT2D eigenvalue weighted by Gasteiger charge is -2.30. The molecule has 0 unspecified atom stereocenters. The molecule has 3 aromatic rings. The van der Waals surface area contributed by atoms with Gasteiger partial charge in [-0.2, -0.15) is 28.3 Å². The second kappa shape index (κ2) is 11.2. The predicted octanol–water partition coefficient (Wildman–Crippen LogP) is 3.08. The van der Waals surface area contributed by atoms with Crippen LogP contribution in [0.25, 0.3) is 5.52 Å². The Bertz CT molecular complexity index is 1520. The van der Waals surface area contributed by atoms with Gasteiger partial charge in [0.25, 0.3) is 15.7 Å². The van der Waals surface area contributed by atoms with Crippen molar-refractivity contribution in [2.45, 2.75) is 31.1 Å². The largest absolute Gasteiger partial charge is 0.372 e. The highest BCUT2D eigenvalue weighted by atomic mass is 32.2. The third-order valence-electron chi connectivity index (χ3n) is 6.72. The number of nitro benzene ring substituents is 1. The van der Waals surface area contributed by atoms with E-state index in [0.717, 1.165) is 43.0 Å². The van der Waals surface area contributed by atoms with Crippen molar-refractivity contribution in [1.29, 1.82) is 5.26 Å². The zero-order valence-corrected chi connectivity index (χ0v) is 22.4. The monoisotopic (exact) mass is 538 g/mol. The first-order chi connectivity index (χ1) is 18.1. The lowest BCUT2D eigenvalue weighted by atomic mass is 10.1. The SMILES string of the molecule is C/C(=N/N(C)S(=O)(=O)c1cc([N+](=O)[O-])ccc1N(C)CCN1CCCCC1)c1cnn2ccc(C#N)cc12. The van der Waals surface area contributed by atoms with Crippen molar-refractivity contribution in [2.75, 3.05) is 45.2 Å². The Hall–Kier alpha value is -4.02. The number of non-ortho nitro benzene ring substituents is 1. The summed E-state index contributed by atoms with van der Waals surface area (Å²) in [5.74, 6) is 0. The van der Waals surface area contributed by atoms with Crippen LogP contribution in [0.4, 0.5) is 11.4 Å². The summed E-state index contributed by atoms with van der Waals surface area (Å²) in [6.07, 6.45) is 6.70. The van der Waals surface area contributed by atoms with Crippen LogP contribution in [0.1, 0.15) is 37.3 Å². The smallest absolute Gasteiger partial charge is 0.281 e. The molecule has 200 valence electrons. The molecule has 2 aromatic heterocycles. The molecule has 12 nitrogen and oxygen atoms in total. The summed E-state index contributed by atoms with van der Waals surface area (Å²) in [5, 5.41) is 29.3. The van der Waals surface area contributed by atoms with Crippen LogP contribution in [0, 0.1) is 21.4 Å². The summed E-state index contributed by atoms with van der Waals surface area (Å²) in [6, 6.07) is 9.21. The maximum Gasteiger partial charge on any atom is 0.281 e. The molecule has 1 fully saturated rings. The van der Waals surface area contributed by atoms with E-state index < -0.39 is 14.9 Å². The Morgan fingerprint density at radius 1 is 1.21 bits per heavy atom. The van der Waals surface area contributed by atoms with Crippen molar-refractivity contribution in [3.8, 4) is 6.07 Å². The third kappa shape index (κ3) is 5.61. The molecule has 1 aromatic carbocycles. The topological polar surface area (TPSA) is 140 Å². The second-order valence-corrected chi connectivity index (χ2v) is 11.2. The molecule has 4 rings (SSSR count). The molecule has 1 saturated heterocycles. The van der Waals surface area contributed by atoms with Crippen molar-refractivity contribution < 1.29 is 13.3 Å². The molecular formula is C25H30N8O4S. The minimum Gasteiger partial charge on any atom is -0.372 e. The Morgan fingerprint density at radius 2 is 1.95 bits per heavy atom. The number of anilines is 1. The fraction of sp³-hybridized carbons (Fsp3) is 0.400. The van der Waals surface area contributed by atoms with Crippen LogP contribution in [0.2, 0.25) is 0 Å². The van der Waals surface area contributed by atoms with Gasteiger partial charge in [0.05, 0.1) is 39.7 Å². The summed E-state index contributed by atoms with van der Waals surface area (Å²) in [4.78, 5) is 14.8. The highest BCUT2D eigenvalue weighted by Gasteiger charge is 2.28. The van der Waals surface area contributed by atoms with E-state index >= 15 is 0 Å². The second-order valence-electron chi connectivity index (χ2n) is 9.27. The van der Waals surface area contributed by atoms with Gasteiger partial charge < -0.3 is 9.80 Å². The van der Waals surface area contributed by atoms with Gasteiger partial charge in [0.15, 0.2) is 0 Å². The first kappa shape index (κ1) is 27.0. The molecule has 13 heteroatoms. The molecule has 0 atom stereocenters. The van der Waals surface area contributed by atoms with Crippen molar-refractivity contribution in [3.05, 3.63) is 64.0 Å². The van der Waals surface area contributed by atoms with Crippen molar-refractivity contribution >= 4 is 32.6 Å². The lowest BCUT2D eigenvalue weighted by Crippen LogP contribution is -2.37. The number of nitrogens with zero attached hydrogens (tertiary/aromatic N) is 8. The van der Waals surface area contributed by atoms with E-state index in [2.05, 4.69) is 21.2 Å². The van der Waals surface area contributed by atoms with Crippen LogP contribution in [0.15, 0.2) is 52.7 Å². The standard InChI is InChI=1S/C25H30N8O4S/c1-19(22-18-27-32-12-9-20(17-26)15-24(22)32)28-30(3)38(36,37)25-16-21(33(34)35)7-8-23(25)29(2)13-14-31-10-5-4-6-11-31/h7-9,12,15-16,18H,4-6,10-11,13-14H2,1-3H3/b28-19-. The first-order valence-electron chi connectivity index (χ1n) is 12.3. The molecule has 1 aliphatic heterocycles. The molecule has 0 bridgehead atoms. The average Bonchev–Trinajstić information content (AvgIpc) is 3.35. The molecule has 0 spiro atoms. The number of hydrogen-bond donors (Lipinski definition) is 0. The number of rotatable bonds is 9. The summed E-state index contributed by atoms with van der Waals surface area (Å²) in [7, 11) is -1.18. The quantitative estimate of drug-likeness (QED) is 0.230. The van der Waals surface area contributed by atoms with E-state index in [0.29, 0.717) is 34.6 Å². The van der Waals surface area contributed by atoms with Gasteiger partial charge in [-0.25, -0.2) is 4.52 Å². The van der Waals surface area contributed by atoms with Crippen molar-refractivity contribution in [2.24, 2.45) is 5.10 Å². The number of piperidine rings is 1. The Morgan fingerprint density at radius 3 is 2.63 bits per heavy atom. The van der Waals surface area contributed by atoms with Crippen LogP contribution in [-0.2, 0) is 10.0 Å². The highest BCUT2D eigenvalue weighted by Crippen LogP contribution is 2.31. The van der Waals surface area contributed by atoms with E-state index in [1.807, 2.05) is 4.90 Å². The number of hydrogen-bond acceptors (Lipinski definition) is 9. The van der Waals surface area contributed by atoms with Gasteiger partial charge in [-0.05, 0) is 51.1 Å². The summed E-state index contributed by atoms with van der Waals surface area (Å²) < 4.78 is 29.8. The number of fused-ring (bicyclic) bond motifs is 1. The van der Waals surface area contributed by atoms with Crippen LogP contribution < -0.4 is 4.90 Å². The number of hydrazone groups is 1. The van der Waals surface area contributed by atoms with E-state index in [1.54, 1.807) is 43.0 Å². The molecule has 0 amide bonds. The van der Waals surface area contributed by atoms with Gasteiger partial charge in [0, 0.05) is 51.1 Å². The minimum absolute atomic E-state index is 0.196. The van der Waals surface area contributed by atoms with Gasteiger partial charge in [-0.3, -0.25) is 10.1 Å². The number of aromatic nitrogens is 2. The zero-order valence-electron chi connectivity index (χ0n) is 21.6. The summed E-state index contributed by atoms with van der Waals surface area (Å²) in [5.41, 5.74) is 1.99. The van der Waals surface area contributed by atoms with Gasteiger partial charge >= 0.3 is 0 Å². The van der Waals surface area contributed by atoms with Gasteiger partial charge in [-0.1, -0.05) is 6.42 Å². The predicted molar refractivity (Wildman–Crippen MR) is 144 cm³/mol. The Kier molecular flexibility index (Phi) is 7.94. The summed E-state index contributed by atoms with van der Waals surface area (Å²) in [6.45, 7) is 4.99. The van der Waals surface area contributed by atoms with E-state index in [9.17, 15) is 23.8 Å². The number of nitro groups is 1. The Labute approximate surface area is 221 Å². The maximum absolute atomic E-state index is 13.7. The lowest BCUT2D eigenvalue weighted by molar-refractivity contribution is -0.385. The van der Waals surface area contributed by atoms with E-state index in [1.165, 1.54) is 25.6 Å². The summed E-state index contributed by atoms with van der Waals surface area (Å²) >= 11 is 0. The molecule has 0 aliphatic carbocycles. The minimum atomic E-state index is -4.26. The van der Waals surface area contributed by atoms with Gasteiger partial charge in [0.2, 0.25) is 0 Å². The number of sulfonamides is 1. The van der Waals surface area contributed by atoms with Crippen LogP contribution in [0.3, 0.4) is 0 Å². The van der Waals surface area contributed by atoms with Gasteiger partial charge in [0.1, 0.15) is 4.90 Å². The normalized spacial score (nSPS) is 14.8. The molecule has 0 radical (unpaired) electrons. The number of nitriles is 1. The zero-order chi connectivity index (χ0) is 27.4. The van der Waals surface area contributed by atoms with Crippen LogP contribution in [-0.4, -0.2) is 78.3 Å². The van der Waals surface area contributed by atoms with Crippen LogP contribution in [0.5, 0.6) is 0 Å². The molecule has 3 heterocycles. The Balaban J connectivity index is 1.66. The number of pyridine rings is 1. The average molecular weight is 539 g/mol. The van der Waals surface area contributed by atoms with E-state index in [4.69, 9.17) is 0 Å². The van der Waals surface area contributed by atoms with Gasteiger partial charge in [-0.15, -0.1) is 0 Å². The molecule has 38 heavy (non-hydrogen) atoms. The fourth-order valence-electron chi connectivity index (χ4n) is 4.52. The first-order valence-corrected chi connectivity index (χ1v) is 13.7. The van der Waals surface area contributed by atoms with Crippen molar-refractivity contribution in [3.63, 3.8) is 0 Å². The maximum atomic E-state index is 13.7. The van der Waals surface area contributed by atoms with E-state index in [-0.39, 0.29) is 10.6 Å². The van der Waals surface area contributed by atoms with Crippen molar-refractivity contribution in [1.82, 2.24) is 18.9 Å². The third-order valence-corrected chi connectivity index (χ3v) is 8.38. The molecule has 0 saturated carbocycles. The molecule has 0 N–H and O–H groups in total. The van der Waals surface area contributed by atoms with Crippen LogP contribution >= 0.6 is 0 Å². The molecule has 1 aliphatic rings. The number of likely N-dealkylation sites (N-methyl/N-ethyl adjacent to an activating group) is 1. The fourth-order valence-corrected chi connectivity index (χ4v) is 5.80. The highest BCUT2D eigenvalue weighted by molar-refractivity contribution is 7.89. The number of likely N-dealkylation sites (tertiary alicyclic amines) is 1.